The number of hydrogen-bond donors (Lipinski definition) is 1. The molecule has 0 bridgehead atoms. The number of carboxylic acids is 1. The highest BCUT2D eigenvalue weighted by molar-refractivity contribution is 5.88. The summed E-state index contributed by atoms with van der Waals surface area (Å²) in [6.45, 7) is 0. The van der Waals surface area contributed by atoms with Gasteiger partial charge in [0.25, 0.3) is 0 Å². The molecule has 0 aliphatic heterocycles. The molecule has 68 valence electrons. The molecule has 0 aliphatic rings. The second kappa shape index (κ2) is 4.06. The topological polar surface area (TPSA) is 84.9 Å². The first-order chi connectivity index (χ1) is 6.69. The molecule has 4 heteroatoms. The number of nitrogens with zero attached hydrogens (tertiary/aromatic N) is 2. The summed E-state index contributed by atoms with van der Waals surface area (Å²) in [6, 6.07) is 7.92. The average molecular weight is 186 g/mol. The summed E-state index contributed by atoms with van der Waals surface area (Å²) in [5, 5.41) is 25.8. The van der Waals surface area contributed by atoms with Gasteiger partial charge in [0.2, 0.25) is 0 Å². The Balaban J connectivity index is 3.21. The van der Waals surface area contributed by atoms with Crippen molar-refractivity contribution in [3.05, 3.63) is 34.9 Å². The van der Waals surface area contributed by atoms with E-state index in [0.29, 0.717) is 5.56 Å². The van der Waals surface area contributed by atoms with Crippen LogP contribution in [0.5, 0.6) is 0 Å². The van der Waals surface area contributed by atoms with Crippen LogP contribution in [0.2, 0.25) is 0 Å². The van der Waals surface area contributed by atoms with Crippen molar-refractivity contribution in [2.75, 3.05) is 0 Å². The molecule has 0 fully saturated rings. The molecule has 0 radical (unpaired) electrons. The Hall–Kier alpha value is -2.33. The van der Waals surface area contributed by atoms with Crippen LogP contribution >= 0.6 is 0 Å². The molecule has 0 saturated heterocycles. The summed E-state index contributed by atoms with van der Waals surface area (Å²) in [7, 11) is 0. The number of nitriles is 2. The lowest BCUT2D eigenvalue weighted by Crippen LogP contribution is -1.98. The summed E-state index contributed by atoms with van der Waals surface area (Å²) in [5.41, 5.74) is 0.856. The zero-order chi connectivity index (χ0) is 10.6. The average Bonchev–Trinajstić information content (AvgIpc) is 2.18. The monoisotopic (exact) mass is 186 g/mol. The second-order valence-electron chi connectivity index (χ2n) is 2.62. The van der Waals surface area contributed by atoms with E-state index in [2.05, 4.69) is 0 Å². The molecule has 0 heterocycles. The number of carboxylic acid groups (broad SMARTS) is 1. The van der Waals surface area contributed by atoms with E-state index in [0.717, 1.165) is 0 Å². The molecular formula is C10H6N2O2. The Labute approximate surface area is 80.6 Å². The highest BCUT2D eigenvalue weighted by Crippen LogP contribution is 2.11. The Morgan fingerprint density at radius 3 is 2.64 bits per heavy atom. The van der Waals surface area contributed by atoms with E-state index in [1.807, 2.05) is 12.1 Å². The van der Waals surface area contributed by atoms with Crippen LogP contribution in [0.4, 0.5) is 0 Å². The molecular weight excluding hydrogens is 180 g/mol. The van der Waals surface area contributed by atoms with Gasteiger partial charge in [0.15, 0.2) is 0 Å². The standard InChI is InChI=1S/C10H6N2O2/c11-4-3-7-1-2-8(10(13)14)5-9(7)6-12/h1-2,5H,3H2,(H,13,14). The fraction of sp³-hybridized carbons (Fsp3) is 0.100. The maximum absolute atomic E-state index is 10.6. The van der Waals surface area contributed by atoms with Gasteiger partial charge in [0.05, 0.1) is 29.7 Å². The first kappa shape index (κ1) is 9.76. The summed E-state index contributed by atoms with van der Waals surface area (Å²) < 4.78 is 0. The van der Waals surface area contributed by atoms with Crippen molar-refractivity contribution >= 4 is 5.97 Å². The quantitative estimate of drug-likeness (QED) is 0.754. The summed E-state index contributed by atoms with van der Waals surface area (Å²) >= 11 is 0. The van der Waals surface area contributed by atoms with Crippen molar-refractivity contribution in [1.82, 2.24) is 0 Å². The van der Waals surface area contributed by atoms with Crippen molar-refractivity contribution < 1.29 is 9.90 Å². The SMILES string of the molecule is N#CCc1ccc(C(=O)O)cc1C#N. The third-order valence-corrected chi connectivity index (χ3v) is 1.75. The maximum Gasteiger partial charge on any atom is 0.335 e. The first-order valence-corrected chi connectivity index (χ1v) is 3.82. The molecule has 4 nitrogen and oxygen atoms in total. The lowest BCUT2D eigenvalue weighted by molar-refractivity contribution is 0.0697. The number of aromatic carboxylic acids is 1. The number of hydrogen-bond acceptors (Lipinski definition) is 3. The predicted molar refractivity (Wildman–Crippen MR) is 47.4 cm³/mol. The molecule has 0 aliphatic carbocycles. The summed E-state index contributed by atoms with van der Waals surface area (Å²) in [5.74, 6) is -1.08. The van der Waals surface area contributed by atoms with Crippen LogP contribution in [0.25, 0.3) is 0 Å². The van der Waals surface area contributed by atoms with Gasteiger partial charge in [-0.1, -0.05) is 6.07 Å². The van der Waals surface area contributed by atoms with Crippen molar-refractivity contribution in [2.24, 2.45) is 0 Å². The minimum atomic E-state index is -1.08. The maximum atomic E-state index is 10.6. The fourth-order valence-electron chi connectivity index (χ4n) is 1.05. The third-order valence-electron chi connectivity index (χ3n) is 1.75. The fourth-order valence-corrected chi connectivity index (χ4v) is 1.05. The molecule has 14 heavy (non-hydrogen) atoms. The van der Waals surface area contributed by atoms with Gasteiger partial charge in [-0.3, -0.25) is 0 Å². The molecule has 1 N–H and O–H groups in total. The molecule has 0 spiro atoms. The van der Waals surface area contributed by atoms with Gasteiger partial charge < -0.3 is 5.11 Å². The third kappa shape index (κ3) is 1.88. The van der Waals surface area contributed by atoms with Gasteiger partial charge in [0, 0.05) is 0 Å². The van der Waals surface area contributed by atoms with Gasteiger partial charge in [-0.15, -0.1) is 0 Å². The van der Waals surface area contributed by atoms with Crippen LogP contribution < -0.4 is 0 Å². The van der Waals surface area contributed by atoms with E-state index in [1.165, 1.54) is 18.2 Å². The van der Waals surface area contributed by atoms with E-state index < -0.39 is 5.97 Å². The number of carbonyl (C=O) groups is 1. The molecule has 0 amide bonds. The minimum absolute atomic E-state index is 0.0586. The van der Waals surface area contributed by atoms with Gasteiger partial charge in [-0.25, -0.2) is 4.79 Å². The highest BCUT2D eigenvalue weighted by Gasteiger charge is 2.07. The van der Waals surface area contributed by atoms with Crippen molar-refractivity contribution in [2.45, 2.75) is 6.42 Å². The Morgan fingerprint density at radius 1 is 1.43 bits per heavy atom. The molecule has 0 saturated carbocycles. The zero-order valence-electron chi connectivity index (χ0n) is 7.19. The predicted octanol–water partition coefficient (Wildman–Crippen LogP) is 1.32. The van der Waals surface area contributed by atoms with Crippen LogP contribution in [0.1, 0.15) is 21.5 Å². The van der Waals surface area contributed by atoms with Crippen LogP contribution in [-0.4, -0.2) is 11.1 Å². The van der Waals surface area contributed by atoms with Gasteiger partial charge >= 0.3 is 5.97 Å². The number of benzene rings is 1. The lowest BCUT2D eigenvalue weighted by atomic mass is 10.0. The van der Waals surface area contributed by atoms with Crippen LogP contribution in [0.3, 0.4) is 0 Å². The molecule has 1 aromatic carbocycles. The van der Waals surface area contributed by atoms with E-state index in [-0.39, 0.29) is 17.5 Å². The molecule has 0 unspecified atom stereocenters. The van der Waals surface area contributed by atoms with Crippen LogP contribution in [0, 0.1) is 22.7 Å². The van der Waals surface area contributed by atoms with E-state index in [1.54, 1.807) is 0 Å². The van der Waals surface area contributed by atoms with Crippen molar-refractivity contribution in [1.29, 1.82) is 10.5 Å². The zero-order valence-corrected chi connectivity index (χ0v) is 7.19. The highest BCUT2D eigenvalue weighted by atomic mass is 16.4. The van der Waals surface area contributed by atoms with Gasteiger partial charge in [-0.2, -0.15) is 10.5 Å². The summed E-state index contributed by atoms with van der Waals surface area (Å²) in [4.78, 5) is 10.6. The van der Waals surface area contributed by atoms with Crippen molar-refractivity contribution in [3.63, 3.8) is 0 Å². The molecule has 0 aromatic heterocycles. The molecule has 1 aromatic rings. The Morgan fingerprint density at radius 2 is 2.14 bits per heavy atom. The second-order valence-corrected chi connectivity index (χ2v) is 2.62. The van der Waals surface area contributed by atoms with Crippen LogP contribution in [0.15, 0.2) is 18.2 Å². The van der Waals surface area contributed by atoms with Gasteiger partial charge in [-0.05, 0) is 17.7 Å². The van der Waals surface area contributed by atoms with E-state index >= 15 is 0 Å². The lowest BCUT2D eigenvalue weighted by Gasteiger charge is -1.99. The van der Waals surface area contributed by atoms with E-state index in [4.69, 9.17) is 15.6 Å². The number of rotatable bonds is 2. The van der Waals surface area contributed by atoms with Crippen LogP contribution in [-0.2, 0) is 6.42 Å². The normalized spacial score (nSPS) is 8.71. The summed E-state index contributed by atoms with van der Waals surface area (Å²) in [6.07, 6.45) is 0.114. The van der Waals surface area contributed by atoms with E-state index in [9.17, 15) is 4.79 Å². The minimum Gasteiger partial charge on any atom is -0.478 e. The first-order valence-electron chi connectivity index (χ1n) is 3.82. The molecule has 1 rings (SSSR count). The Kier molecular flexibility index (Phi) is 2.83. The Bertz CT molecular complexity index is 452. The van der Waals surface area contributed by atoms with Gasteiger partial charge in [0.1, 0.15) is 0 Å². The smallest absolute Gasteiger partial charge is 0.335 e. The largest absolute Gasteiger partial charge is 0.478 e. The molecule has 0 atom stereocenters. The van der Waals surface area contributed by atoms with Crippen molar-refractivity contribution in [3.8, 4) is 12.1 Å².